The first kappa shape index (κ1) is 25.2. The van der Waals surface area contributed by atoms with E-state index in [0.717, 1.165) is 0 Å². The molecule has 0 spiro atoms. The van der Waals surface area contributed by atoms with Crippen LogP contribution in [0, 0.1) is 6.54 Å². The summed E-state index contributed by atoms with van der Waals surface area (Å²) in [7, 11) is 0. The second-order valence-electron chi connectivity index (χ2n) is 5.90. The zero-order valence-corrected chi connectivity index (χ0v) is 20.6. The summed E-state index contributed by atoms with van der Waals surface area (Å²) in [5.74, 6) is -2.64. The number of nitrogens with one attached hydrogen (secondary N) is 5. The van der Waals surface area contributed by atoms with E-state index in [9.17, 15) is 24.0 Å². The minimum Gasteiger partial charge on any atom is -0.503 e. The monoisotopic (exact) mass is 439 g/mol. The van der Waals surface area contributed by atoms with Crippen LogP contribution < -0.4 is 84.8 Å². The largest absolute Gasteiger partial charge is 1.00 e. The molecule has 0 bridgehead atoms. The van der Waals surface area contributed by atoms with Gasteiger partial charge in [-0.15, -0.1) is 0 Å². The average Bonchev–Trinajstić information content (AvgIpc) is 2.53. The topological polar surface area (TPSA) is 146 Å². The summed E-state index contributed by atoms with van der Waals surface area (Å²) < 4.78 is 0. The normalized spacial score (nSPS) is 29.3. The van der Waals surface area contributed by atoms with E-state index in [1.807, 2.05) is 0 Å². The Morgan fingerprint density at radius 3 is 1.42 bits per heavy atom. The molecule has 1 aliphatic rings. The number of carbonyl (C=O) groups is 5. The number of rotatable bonds is 0. The molecule has 0 aromatic rings. The summed E-state index contributed by atoms with van der Waals surface area (Å²) in [5.41, 5.74) is 0. The second-order valence-corrected chi connectivity index (χ2v) is 5.90. The van der Waals surface area contributed by atoms with Crippen molar-refractivity contribution >= 4 is 29.5 Å². The molecule has 1 rings (SSSR count). The third-order valence-corrected chi connectivity index (χ3v) is 3.56. The van der Waals surface area contributed by atoms with Gasteiger partial charge in [-0.1, -0.05) is 6.42 Å². The fraction of sp³-hybridized carbons (Fsp3) is 0.600. The summed E-state index contributed by atoms with van der Waals surface area (Å²) in [6.45, 7) is 7.11. The molecule has 140 valence electrons. The fourth-order valence-corrected chi connectivity index (χ4v) is 1.95. The minimum atomic E-state index is -0.901. The molecule has 1 saturated heterocycles. The SMILES string of the molecule is CC1NC(=O)C[CH-]NC(=O)C(C)NC(=O)C(C)NC(=O)C(C)NC1=O.[Rb+]. The van der Waals surface area contributed by atoms with Crippen LogP contribution in [0.25, 0.3) is 0 Å². The Bertz CT molecular complexity index is 571. The van der Waals surface area contributed by atoms with Crippen LogP contribution >= 0.6 is 0 Å². The Kier molecular flexibility index (Phi) is 11.4. The smallest absolute Gasteiger partial charge is 0.503 e. The number of carbonyl (C=O) groups excluding carboxylic acids is 5. The first-order valence-electron chi connectivity index (χ1n) is 7.94. The van der Waals surface area contributed by atoms with E-state index in [1.165, 1.54) is 34.2 Å². The van der Waals surface area contributed by atoms with E-state index < -0.39 is 53.7 Å². The molecule has 10 nitrogen and oxygen atoms in total. The molecule has 0 aromatic carbocycles. The summed E-state index contributed by atoms with van der Waals surface area (Å²) >= 11 is 0. The molecule has 0 aliphatic carbocycles. The molecule has 1 fully saturated rings. The molecular weight excluding hydrogens is 416 g/mol. The van der Waals surface area contributed by atoms with Gasteiger partial charge >= 0.3 is 58.2 Å². The van der Waals surface area contributed by atoms with E-state index >= 15 is 0 Å². The molecule has 4 unspecified atom stereocenters. The van der Waals surface area contributed by atoms with Crippen LogP contribution in [0.2, 0.25) is 0 Å². The zero-order chi connectivity index (χ0) is 19.1. The molecule has 5 amide bonds. The number of hydrogen-bond acceptors (Lipinski definition) is 5. The third-order valence-electron chi connectivity index (χ3n) is 3.56. The van der Waals surface area contributed by atoms with Crippen molar-refractivity contribution < 1.29 is 82.2 Å². The maximum Gasteiger partial charge on any atom is 1.00 e. The van der Waals surface area contributed by atoms with Crippen molar-refractivity contribution in [1.82, 2.24) is 26.6 Å². The molecular formula is C15H24N5O5Rb. The Hall–Kier alpha value is -0.845. The summed E-state index contributed by atoms with van der Waals surface area (Å²) in [6.07, 6.45) is -0.142. The van der Waals surface area contributed by atoms with Crippen molar-refractivity contribution in [2.45, 2.75) is 58.3 Å². The van der Waals surface area contributed by atoms with E-state index in [1.54, 1.807) is 0 Å². The third kappa shape index (κ3) is 8.23. The summed E-state index contributed by atoms with van der Waals surface area (Å²) in [6, 6.07) is -3.51. The van der Waals surface area contributed by atoms with Crippen molar-refractivity contribution in [3.05, 3.63) is 6.54 Å². The number of amides is 5. The van der Waals surface area contributed by atoms with E-state index in [0.29, 0.717) is 0 Å². The summed E-state index contributed by atoms with van der Waals surface area (Å²) in [5, 5.41) is 12.2. The average molecular weight is 440 g/mol. The van der Waals surface area contributed by atoms with Gasteiger partial charge < -0.3 is 26.6 Å². The van der Waals surface area contributed by atoms with Crippen LogP contribution in [-0.2, 0) is 24.0 Å². The van der Waals surface area contributed by atoms with Crippen LogP contribution in [0.15, 0.2) is 0 Å². The van der Waals surface area contributed by atoms with E-state index in [4.69, 9.17) is 0 Å². The molecule has 1 aliphatic heterocycles. The molecule has 11 heteroatoms. The van der Waals surface area contributed by atoms with E-state index in [-0.39, 0.29) is 64.6 Å². The van der Waals surface area contributed by atoms with Crippen LogP contribution in [-0.4, -0.2) is 53.7 Å². The Labute approximate surface area is 201 Å². The van der Waals surface area contributed by atoms with E-state index in [2.05, 4.69) is 26.6 Å². The molecule has 1 heterocycles. The first-order valence-corrected chi connectivity index (χ1v) is 7.94. The van der Waals surface area contributed by atoms with Gasteiger partial charge in [-0.3, -0.25) is 24.0 Å². The molecule has 0 radical (unpaired) electrons. The van der Waals surface area contributed by atoms with Crippen molar-refractivity contribution in [3.8, 4) is 0 Å². The number of hydrogen-bond donors (Lipinski definition) is 5. The van der Waals surface area contributed by atoms with Crippen molar-refractivity contribution in [3.63, 3.8) is 0 Å². The van der Waals surface area contributed by atoms with Gasteiger partial charge in [-0.05, 0) is 27.7 Å². The zero-order valence-electron chi connectivity index (χ0n) is 15.6. The maximum absolute atomic E-state index is 12.0. The van der Waals surface area contributed by atoms with Gasteiger partial charge in [0.1, 0.15) is 24.2 Å². The van der Waals surface area contributed by atoms with Crippen LogP contribution in [0.1, 0.15) is 34.1 Å². The van der Waals surface area contributed by atoms with Gasteiger partial charge in [0.25, 0.3) is 0 Å². The van der Waals surface area contributed by atoms with Crippen LogP contribution in [0.4, 0.5) is 0 Å². The van der Waals surface area contributed by atoms with Gasteiger partial charge in [0.2, 0.25) is 23.6 Å². The van der Waals surface area contributed by atoms with Crippen molar-refractivity contribution in [2.24, 2.45) is 0 Å². The second kappa shape index (κ2) is 11.8. The van der Waals surface area contributed by atoms with Crippen molar-refractivity contribution in [2.75, 3.05) is 0 Å². The standard InChI is InChI=1S/C15H24N5O5.Rb/c1-7-12(22)16-6-5-11(21)17-8(2)13(23)19-10(4)15(25)20-9(3)14(24)18-7;/h6-10H,5H2,1-4H3,(H,16,22)(H,17,21)(H,18,24)(H,19,23)(H,20,25);/q-1;+1. The predicted octanol–water partition coefficient (Wildman–Crippen LogP) is -5.31. The van der Waals surface area contributed by atoms with Gasteiger partial charge in [0, 0.05) is 0 Å². The predicted molar refractivity (Wildman–Crippen MR) is 87.5 cm³/mol. The van der Waals surface area contributed by atoms with Gasteiger partial charge in [0.15, 0.2) is 5.91 Å². The molecule has 5 N–H and O–H groups in total. The Morgan fingerprint density at radius 1 is 0.654 bits per heavy atom. The van der Waals surface area contributed by atoms with Crippen molar-refractivity contribution in [1.29, 1.82) is 0 Å². The van der Waals surface area contributed by atoms with Gasteiger partial charge in [-0.2, -0.15) is 0 Å². The molecule has 4 atom stereocenters. The van der Waals surface area contributed by atoms with Gasteiger partial charge in [-0.25, -0.2) is 6.54 Å². The first-order chi connectivity index (χ1) is 11.6. The molecule has 0 saturated carbocycles. The minimum absolute atomic E-state index is 0. The molecule has 26 heavy (non-hydrogen) atoms. The Balaban J connectivity index is 0.00000625. The molecule has 0 aromatic heterocycles. The Morgan fingerprint density at radius 2 is 1.00 bits per heavy atom. The summed E-state index contributed by atoms with van der Waals surface area (Å²) in [4.78, 5) is 59.6. The quantitative estimate of drug-likeness (QED) is 0.239. The maximum atomic E-state index is 12.0. The van der Waals surface area contributed by atoms with Crippen LogP contribution in [0.5, 0.6) is 0 Å². The van der Waals surface area contributed by atoms with Gasteiger partial charge in [0.05, 0.1) is 0 Å². The fourth-order valence-electron chi connectivity index (χ4n) is 1.95. The van der Waals surface area contributed by atoms with Crippen LogP contribution in [0.3, 0.4) is 0 Å².